The lowest BCUT2D eigenvalue weighted by atomic mass is 10.2. The van der Waals surface area contributed by atoms with Crippen LogP contribution in [-0.4, -0.2) is 55.6 Å². The Bertz CT molecular complexity index is 441. The average Bonchev–Trinajstić information content (AvgIpc) is 2.48. The number of halogens is 1. The molecule has 6 heteroatoms. The Morgan fingerprint density at radius 2 is 1.90 bits per heavy atom. The van der Waals surface area contributed by atoms with Gasteiger partial charge in [-0.2, -0.15) is 11.8 Å². The molecule has 2 rings (SSSR count). The third kappa shape index (κ3) is 4.21. The fraction of sp³-hybridized carbons (Fsp3) is 0.500. The number of thioether (sulfide) groups is 1. The first-order chi connectivity index (χ1) is 9.70. The second kappa shape index (κ2) is 7.64. The first-order valence-corrected chi connectivity index (χ1v) is 8.52. The van der Waals surface area contributed by atoms with Crippen molar-refractivity contribution >= 4 is 35.0 Å². The molecule has 1 heterocycles. The number of hydrogen-bond donors (Lipinski definition) is 1. The molecule has 1 aliphatic heterocycles. The highest BCUT2D eigenvalue weighted by atomic mass is 35.5. The molecular formula is C14H21ClN4S. The summed E-state index contributed by atoms with van der Waals surface area (Å²) in [6.45, 7) is 4.54. The molecule has 0 aliphatic carbocycles. The van der Waals surface area contributed by atoms with E-state index in [4.69, 9.17) is 17.3 Å². The highest BCUT2D eigenvalue weighted by molar-refractivity contribution is 7.98. The molecular weight excluding hydrogens is 292 g/mol. The fourth-order valence-corrected chi connectivity index (χ4v) is 2.60. The van der Waals surface area contributed by atoms with Gasteiger partial charge in [0.15, 0.2) is 5.96 Å². The Kier molecular flexibility index (Phi) is 5.86. The Labute approximate surface area is 130 Å². The molecule has 110 valence electrons. The van der Waals surface area contributed by atoms with Crippen LogP contribution in [-0.2, 0) is 0 Å². The lowest BCUT2D eigenvalue weighted by Crippen LogP contribution is -2.51. The maximum atomic E-state index is 6.02. The SMILES string of the molecule is CSCCN=C(N)N1CCN(c2ccc(Cl)cc2)CC1. The second-order valence-corrected chi connectivity index (χ2v) is 6.11. The minimum Gasteiger partial charge on any atom is -0.370 e. The minimum atomic E-state index is 0.676. The zero-order chi connectivity index (χ0) is 14.4. The summed E-state index contributed by atoms with van der Waals surface area (Å²) in [5.41, 5.74) is 7.24. The maximum absolute atomic E-state index is 6.02. The quantitative estimate of drug-likeness (QED) is 0.525. The lowest BCUT2D eigenvalue weighted by Gasteiger charge is -2.36. The number of anilines is 1. The number of piperazine rings is 1. The first kappa shape index (κ1) is 15.3. The van der Waals surface area contributed by atoms with Crippen molar-refractivity contribution in [3.8, 4) is 0 Å². The van der Waals surface area contributed by atoms with Gasteiger partial charge in [-0.3, -0.25) is 4.99 Å². The average molecular weight is 313 g/mol. The molecule has 1 aromatic carbocycles. The van der Waals surface area contributed by atoms with Crippen LogP contribution in [0.15, 0.2) is 29.3 Å². The van der Waals surface area contributed by atoms with Crippen molar-refractivity contribution in [1.82, 2.24) is 4.90 Å². The largest absolute Gasteiger partial charge is 0.370 e. The Hall–Kier alpha value is -1.07. The van der Waals surface area contributed by atoms with Crippen LogP contribution in [0.2, 0.25) is 5.02 Å². The van der Waals surface area contributed by atoms with Gasteiger partial charge in [0.2, 0.25) is 0 Å². The van der Waals surface area contributed by atoms with E-state index in [0.29, 0.717) is 5.96 Å². The van der Waals surface area contributed by atoms with Gasteiger partial charge in [-0.25, -0.2) is 0 Å². The third-order valence-corrected chi connectivity index (χ3v) is 4.21. The van der Waals surface area contributed by atoms with Gasteiger partial charge in [-0.05, 0) is 30.5 Å². The predicted molar refractivity (Wildman–Crippen MR) is 90.1 cm³/mol. The number of guanidine groups is 1. The number of hydrogen-bond acceptors (Lipinski definition) is 3. The molecule has 0 saturated carbocycles. The Morgan fingerprint density at radius 3 is 2.50 bits per heavy atom. The van der Waals surface area contributed by atoms with Gasteiger partial charge in [0.1, 0.15) is 0 Å². The van der Waals surface area contributed by atoms with E-state index >= 15 is 0 Å². The fourth-order valence-electron chi connectivity index (χ4n) is 2.20. The van der Waals surface area contributed by atoms with Crippen molar-refractivity contribution in [2.24, 2.45) is 10.7 Å². The molecule has 4 nitrogen and oxygen atoms in total. The molecule has 1 saturated heterocycles. The lowest BCUT2D eigenvalue weighted by molar-refractivity contribution is 0.381. The summed E-state index contributed by atoms with van der Waals surface area (Å²) in [4.78, 5) is 8.92. The van der Waals surface area contributed by atoms with Gasteiger partial charge in [0, 0.05) is 42.6 Å². The normalized spacial score (nSPS) is 16.6. The number of rotatable bonds is 4. The summed E-state index contributed by atoms with van der Waals surface area (Å²) in [6.07, 6.45) is 2.08. The van der Waals surface area contributed by atoms with Crippen molar-refractivity contribution in [3.63, 3.8) is 0 Å². The number of aliphatic imine (C=N–C) groups is 1. The van der Waals surface area contributed by atoms with Crippen molar-refractivity contribution in [3.05, 3.63) is 29.3 Å². The van der Waals surface area contributed by atoms with Gasteiger partial charge in [0.25, 0.3) is 0 Å². The van der Waals surface area contributed by atoms with Crippen LogP contribution in [0.4, 0.5) is 5.69 Å². The number of benzene rings is 1. The van der Waals surface area contributed by atoms with Gasteiger partial charge >= 0.3 is 0 Å². The highest BCUT2D eigenvalue weighted by Gasteiger charge is 2.18. The van der Waals surface area contributed by atoms with Crippen LogP contribution in [0.5, 0.6) is 0 Å². The van der Waals surface area contributed by atoms with Gasteiger partial charge in [-0.15, -0.1) is 0 Å². The molecule has 2 N–H and O–H groups in total. The van der Waals surface area contributed by atoms with Crippen LogP contribution >= 0.6 is 23.4 Å². The summed E-state index contributed by atoms with van der Waals surface area (Å²) < 4.78 is 0. The molecule has 1 aliphatic rings. The predicted octanol–water partition coefficient (Wildman–Crippen LogP) is 2.14. The van der Waals surface area contributed by atoms with Gasteiger partial charge < -0.3 is 15.5 Å². The second-order valence-electron chi connectivity index (χ2n) is 4.68. The monoisotopic (exact) mass is 312 g/mol. The van der Waals surface area contributed by atoms with Crippen molar-refractivity contribution < 1.29 is 0 Å². The molecule has 20 heavy (non-hydrogen) atoms. The van der Waals surface area contributed by atoms with E-state index in [1.54, 1.807) is 11.8 Å². The standard InChI is InChI=1S/C14H21ClN4S/c1-20-11-6-17-14(16)19-9-7-18(8-10-19)13-4-2-12(15)3-5-13/h2-5H,6-11H2,1H3,(H2,16,17). The Balaban J connectivity index is 1.85. The number of nitrogens with two attached hydrogens (primary N) is 1. The van der Waals surface area contributed by atoms with Gasteiger partial charge in [0.05, 0.1) is 6.54 Å². The molecule has 0 bridgehead atoms. The van der Waals surface area contributed by atoms with Crippen LogP contribution in [0.1, 0.15) is 0 Å². The summed E-state index contributed by atoms with van der Waals surface area (Å²) >= 11 is 7.70. The molecule has 0 unspecified atom stereocenters. The molecule has 0 amide bonds. The summed E-state index contributed by atoms with van der Waals surface area (Å²) in [6, 6.07) is 7.99. The van der Waals surface area contributed by atoms with Crippen LogP contribution in [0.3, 0.4) is 0 Å². The minimum absolute atomic E-state index is 0.676. The van der Waals surface area contributed by atoms with E-state index < -0.39 is 0 Å². The molecule has 1 fully saturated rings. The molecule has 0 spiro atoms. The Morgan fingerprint density at radius 1 is 1.25 bits per heavy atom. The first-order valence-electron chi connectivity index (χ1n) is 6.75. The van der Waals surface area contributed by atoms with E-state index in [2.05, 4.69) is 33.2 Å². The van der Waals surface area contributed by atoms with Crippen LogP contribution < -0.4 is 10.6 Å². The zero-order valence-electron chi connectivity index (χ0n) is 11.8. The van der Waals surface area contributed by atoms with E-state index in [9.17, 15) is 0 Å². The topological polar surface area (TPSA) is 44.9 Å². The van der Waals surface area contributed by atoms with E-state index in [0.717, 1.165) is 43.5 Å². The van der Waals surface area contributed by atoms with Gasteiger partial charge in [-0.1, -0.05) is 11.6 Å². The van der Waals surface area contributed by atoms with Crippen molar-refractivity contribution in [2.75, 3.05) is 49.6 Å². The van der Waals surface area contributed by atoms with E-state index in [1.807, 2.05) is 12.1 Å². The third-order valence-electron chi connectivity index (χ3n) is 3.36. The van der Waals surface area contributed by atoms with Crippen molar-refractivity contribution in [1.29, 1.82) is 0 Å². The molecule has 0 atom stereocenters. The molecule has 1 aromatic rings. The highest BCUT2D eigenvalue weighted by Crippen LogP contribution is 2.19. The summed E-state index contributed by atoms with van der Waals surface area (Å²) in [5.74, 6) is 1.70. The maximum Gasteiger partial charge on any atom is 0.191 e. The number of nitrogens with zero attached hydrogens (tertiary/aromatic N) is 3. The summed E-state index contributed by atoms with van der Waals surface area (Å²) in [7, 11) is 0. The smallest absolute Gasteiger partial charge is 0.191 e. The molecule has 0 radical (unpaired) electrons. The molecule has 0 aromatic heterocycles. The van der Waals surface area contributed by atoms with Crippen LogP contribution in [0, 0.1) is 0 Å². The van der Waals surface area contributed by atoms with E-state index in [1.165, 1.54) is 5.69 Å². The summed E-state index contributed by atoms with van der Waals surface area (Å²) in [5, 5.41) is 0.776. The van der Waals surface area contributed by atoms with Crippen molar-refractivity contribution in [2.45, 2.75) is 0 Å². The van der Waals surface area contributed by atoms with E-state index in [-0.39, 0.29) is 0 Å². The zero-order valence-corrected chi connectivity index (χ0v) is 13.3. The van der Waals surface area contributed by atoms with Crippen LogP contribution in [0.25, 0.3) is 0 Å².